The van der Waals surface area contributed by atoms with E-state index in [1.165, 1.54) is 12.1 Å². The molecule has 1 aliphatic rings. The molecule has 132 valence electrons. The molecule has 1 aromatic rings. The van der Waals surface area contributed by atoms with E-state index in [2.05, 4.69) is 10.1 Å². The van der Waals surface area contributed by atoms with Crippen LogP contribution in [-0.2, 0) is 9.59 Å². The Morgan fingerprint density at radius 1 is 1.21 bits per heavy atom. The first-order valence-corrected chi connectivity index (χ1v) is 7.40. The van der Waals surface area contributed by atoms with Crippen molar-refractivity contribution in [3.63, 3.8) is 0 Å². The second-order valence-electron chi connectivity index (χ2n) is 5.57. The average molecular weight is 345 g/mol. The van der Waals surface area contributed by atoms with Crippen molar-refractivity contribution in [1.29, 1.82) is 0 Å². The summed E-state index contributed by atoms with van der Waals surface area (Å²) in [6.45, 7) is 1.34. The summed E-state index contributed by atoms with van der Waals surface area (Å²) in [6, 6.07) is 4.92. The van der Waals surface area contributed by atoms with Crippen LogP contribution in [0.3, 0.4) is 0 Å². The van der Waals surface area contributed by atoms with Crippen molar-refractivity contribution in [2.45, 2.75) is 19.2 Å². The Morgan fingerprint density at radius 2 is 1.79 bits per heavy atom. The molecule has 1 fully saturated rings. The molecule has 1 heterocycles. The number of piperidine rings is 1. The molecule has 2 amide bonds. The summed E-state index contributed by atoms with van der Waals surface area (Å²) < 4.78 is 39.9. The zero-order chi connectivity index (χ0) is 17.7. The number of hydrogen-bond donors (Lipinski definition) is 2. The summed E-state index contributed by atoms with van der Waals surface area (Å²) in [5, 5.41) is 2.60. The normalized spacial score (nSPS) is 16.6. The number of nitrogens with zero attached hydrogens (tertiary/aromatic N) is 1. The van der Waals surface area contributed by atoms with E-state index in [0.29, 0.717) is 31.6 Å². The van der Waals surface area contributed by atoms with Gasteiger partial charge in [-0.25, -0.2) is 0 Å². The molecule has 1 aromatic carbocycles. The van der Waals surface area contributed by atoms with E-state index in [-0.39, 0.29) is 30.0 Å². The number of nitrogens with one attached hydrogen (secondary N) is 1. The largest absolute Gasteiger partial charge is 0.573 e. The number of rotatable bonds is 5. The fraction of sp³-hybridized carbons (Fsp3) is 0.467. The van der Waals surface area contributed by atoms with Crippen molar-refractivity contribution in [3.05, 3.63) is 24.3 Å². The van der Waals surface area contributed by atoms with Crippen LogP contribution in [0.5, 0.6) is 5.75 Å². The maximum atomic E-state index is 12.1. The summed E-state index contributed by atoms with van der Waals surface area (Å²) >= 11 is 0. The fourth-order valence-electron chi connectivity index (χ4n) is 2.52. The van der Waals surface area contributed by atoms with Crippen LogP contribution in [-0.4, -0.2) is 42.7 Å². The number of benzene rings is 1. The summed E-state index contributed by atoms with van der Waals surface area (Å²) in [5.74, 6) is -1.10. The number of carbonyl (C=O) groups is 2. The molecule has 9 heteroatoms. The number of amides is 2. The fourth-order valence-corrected chi connectivity index (χ4v) is 2.52. The molecule has 2 rings (SSSR count). The first-order chi connectivity index (χ1) is 11.2. The molecule has 0 saturated carbocycles. The van der Waals surface area contributed by atoms with Crippen molar-refractivity contribution < 1.29 is 27.5 Å². The quantitative estimate of drug-likeness (QED) is 0.851. The standard InChI is InChI=1S/C15H18F3N3O3/c16-15(17,18)24-12-3-1-11(2-4-12)20-13(22)9-21-7-5-10(6-8-21)14(19)23/h1-4,10H,5-9H2,(H2,19,23)(H,20,22). The second kappa shape index (κ2) is 7.52. The zero-order valence-corrected chi connectivity index (χ0v) is 12.8. The smallest absolute Gasteiger partial charge is 0.406 e. The average Bonchev–Trinajstić information content (AvgIpc) is 2.48. The van der Waals surface area contributed by atoms with Crippen LogP contribution in [0, 0.1) is 5.92 Å². The lowest BCUT2D eigenvalue weighted by Crippen LogP contribution is -2.42. The third-order valence-corrected chi connectivity index (χ3v) is 3.73. The van der Waals surface area contributed by atoms with Gasteiger partial charge in [0, 0.05) is 11.6 Å². The minimum absolute atomic E-state index is 0.145. The Kier molecular flexibility index (Phi) is 5.66. The minimum atomic E-state index is -4.75. The van der Waals surface area contributed by atoms with Crippen LogP contribution in [0.15, 0.2) is 24.3 Å². The van der Waals surface area contributed by atoms with Crippen LogP contribution in [0.1, 0.15) is 12.8 Å². The summed E-state index contributed by atoms with van der Waals surface area (Å²) in [4.78, 5) is 24.9. The van der Waals surface area contributed by atoms with Gasteiger partial charge in [0.15, 0.2) is 0 Å². The Morgan fingerprint density at radius 3 is 2.29 bits per heavy atom. The molecule has 0 radical (unpaired) electrons. The number of carbonyl (C=O) groups excluding carboxylic acids is 2. The highest BCUT2D eigenvalue weighted by Crippen LogP contribution is 2.24. The predicted molar refractivity (Wildman–Crippen MR) is 80.1 cm³/mol. The zero-order valence-electron chi connectivity index (χ0n) is 12.8. The van der Waals surface area contributed by atoms with Crippen LogP contribution in [0.25, 0.3) is 0 Å². The molecule has 0 aromatic heterocycles. The van der Waals surface area contributed by atoms with Gasteiger partial charge in [0.2, 0.25) is 11.8 Å². The molecule has 0 spiro atoms. The van der Waals surface area contributed by atoms with Gasteiger partial charge in [-0.3, -0.25) is 14.5 Å². The Hall–Kier alpha value is -2.29. The van der Waals surface area contributed by atoms with Crippen LogP contribution >= 0.6 is 0 Å². The molecule has 0 atom stereocenters. The molecule has 6 nitrogen and oxygen atoms in total. The lowest BCUT2D eigenvalue weighted by Gasteiger charge is -2.29. The Bertz CT molecular complexity index is 582. The van der Waals surface area contributed by atoms with Crippen LogP contribution in [0.4, 0.5) is 18.9 Å². The second-order valence-corrected chi connectivity index (χ2v) is 5.57. The third-order valence-electron chi connectivity index (χ3n) is 3.73. The van der Waals surface area contributed by atoms with Gasteiger partial charge >= 0.3 is 6.36 Å². The number of halogens is 3. The van der Waals surface area contributed by atoms with Gasteiger partial charge in [0.05, 0.1) is 6.54 Å². The van der Waals surface area contributed by atoms with Crippen LogP contribution < -0.4 is 15.8 Å². The Labute approximate surface area is 136 Å². The van der Waals surface area contributed by atoms with Crippen molar-refractivity contribution in [3.8, 4) is 5.75 Å². The lowest BCUT2D eigenvalue weighted by atomic mass is 9.96. The van der Waals surface area contributed by atoms with Gasteiger partial charge in [0.25, 0.3) is 0 Å². The number of alkyl halides is 3. The number of nitrogens with two attached hydrogens (primary N) is 1. The summed E-state index contributed by atoms with van der Waals surface area (Å²) in [5.41, 5.74) is 5.63. The number of anilines is 1. The highest BCUT2D eigenvalue weighted by molar-refractivity contribution is 5.92. The first kappa shape index (κ1) is 18.1. The van der Waals surface area contributed by atoms with Gasteiger partial charge in [-0.2, -0.15) is 0 Å². The van der Waals surface area contributed by atoms with Gasteiger partial charge in [-0.15, -0.1) is 13.2 Å². The van der Waals surface area contributed by atoms with Crippen molar-refractivity contribution >= 4 is 17.5 Å². The van der Waals surface area contributed by atoms with E-state index in [4.69, 9.17) is 5.73 Å². The molecule has 24 heavy (non-hydrogen) atoms. The molecule has 1 saturated heterocycles. The number of likely N-dealkylation sites (tertiary alicyclic amines) is 1. The van der Waals surface area contributed by atoms with Gasteiger partial charge in [0.1, 0.15) is 5.75 Å². The highest BCUT2D eigenvalue weighted by Gasteiger charge is 2.31. The van der Waals surface area contributed by atoms with E-state index in [0.717, 1.165) is 12.1 Å². The predicted octanol–water partition coefficient (Wildman–Crippen LogP) is 1.72. The molecule has 1 aliphatic heterocycles. The van der Waals surface area contributed by atoms with Crippen molar-refractivity contribution in [2.75, 3.05) is 25.0 Å². The molecular formula is C15H18F3N3O3. The van der Waals surface area contributed by atoms with E-state index >= 15 is 0 Å². The maximum absolute atomic E-state index is 12.1. The molecule has 0 aliphatic carbocycles. The summed E-state index contributed by atoms with van der Waals surface area (Å²) in [7, 11) is 0. The van der Waals surface area contributed by atoms with Crippen LogP contribution in [0.2, 0.25) is 0 Å². The Balaban J connectivity index is 1.79. The minimum Gasteiger partial charge on any atom is -0.406 e. The maximum Gasteiger partial charge on any atom is 0.573 e. The van der Waals surface area contributed by atoms with Gasteiger partial charge in [-0.1, -0.05) is 0 Å². The monoisotopic (exact) mass is 345 g/mol. The summed E-state index contributed by atoms with van der Waals surface area (Å²) in [6.07, 6.45) is -3.51. The SMILES string of the molecule is NC(=O)C1CCN(CC(=O)Nc2ccc(OC(F)(F)F)cc2)CC1. The van der Waals surface area contributed by atoms with E-state index < -0.39 is 6.36 Å². The molecule has 3 N–H and O–H groups in total. The van der Waals surface area contributed by atoms with Gasteiger partial charge in [-0.05, 0) is 50.2 Å². The van der Waals surface area contributed by atoms with Crippen molar-refractivity contribution in [1.82, 2.24) is 4.90 Å². The van der Waals surface area contributed by atoms with Crippen molar-refractivity contribution in [2.24, 2.45) is 11.7 Å². The number of hydrogen-bond acceptors (Lipinski definition) is 4. The van der Waals surface area contributed by atoms with E-state index in [9.17, 15) is 22.8 Å². The molecule has 0 bridgehead atoms. The highest BCUT2D eigenvalue weighted by atomic mass is 19.4. The van der Waals surface area contributed by atoms with E-state index in [1.807, 2.05) is 4.90 Å². The first-order valence-electron chi connectivity index (χ1n) is 7.40. The van der Waals surface area contributed by atoms with Gasteiger partial charge < -0.3 is 15.8 Å². The lowest BCUT2D eigenvalue weighted by molar-refractivity contribution is -0.274. The number of ether oxygens (including phenoxy) is 1. The van der Waals surface area contributed by atoms with E-state index in [1.54, 1.807) is 0 Å². The third kappa shape index (κ3) is 5.73. The molecular weight excluding hydrogens is 327 g/mol. The molecule has 0 unspecified atom stereocenters. The number of primary amides is 1. The topological polar surface area (TPSA) is 84.7 Å².